The summed E-state index contributed by atoms with van der Waals surface area (Å²) in [5, 5.41) is 0. The SMILES string of the molecule is C/C=C/OCC1(C)CCS(=O)(=O)CC1. The lowest BCUT2D eigenvalue weighted by molar-refractivity contribution is 0.113. The summed E-state index contributed by atoms with van der Waals surface area (Å²) >= 11 is 0. The number of ether oxygens (including phenoxy) is 1. The Morgan fingerprint density at radius 3 is 2.43 bits per heavy atom. The molecule has 0 saturated carbocycles. The number of rotatable bonds is 3. The maximum atomic E-state index is 11.2. The fraction of sp³-hybridized carbons (Fsp3) is 0.800. The first kappa shape index (κ1) is 11.6. The molecule has 0 bridgehead atoms. The lowest BCUT2D eigenvalue weighted by atomic mass is 9.85. The van der Waals surface area contributed by atoms with E-state index in [1.54, 1.807) is 6.26 Å². The minimum Gasteiger partial charge on any atom is -0.501 e. The smallest absolute Gasteiger partial charge is 0.150 e. The fourth-order valence-corrected chi connectivity index (χ4v) is 3.33. The van der Waals surface area contributed by atoms with Crippen molar-refractivity contribution in [3.8, 4) is 0 Å². The molecular weight excluding hydrogens is 200 g/mol. The quantitative estimate of drug-likeness (QED) is 0.678. The molecule has 1 saturated heterocycles. The summed E-state index contributed by atoms with van der Waals surface area (Å²) in [6.45, 7) is 4.60. The van der Waals surface area contributed by atoms with Crippen LogP contribution in [0.2, 0.25) is 0 Å². The minimum atomic E-state index is -2.76. The highest BCUT2D eigenvalue weighted by Gasteiger charge is 2.33. The number of allylic oxidation sites excluding steroid dienone is 1. The van der Waals surface area contributed by atoms with Gasteiger partial charge in [-0.15, -0.1) is 0 Å². The molecule has 4 heteroatoms. The van der Waals surface area contributed by atoms with Crippen molar-refractivity contribution >= 4 is 9.84 Å². The third kappa shape index (κ3) is 3.33. The molecule has 0 radical (unpaired) electrons. The van der Waals surface area contributed by atoms with Gasteiger partial charge in [0.15, 0.2) is 0 Å². The lowest BCUT2D eigenvalue weighted by Crippen LogP contribution is -2.34. The first-order chi connectivity index (χ1) is 6.47. The van der Waals surface area contributed by atoms with Gasteiger partial charge >= 0.3 is 0 Å². The van der Waals surface area contributed by atoms with Crippen molar-refractivity contribution in [3.05, 3.63) is 12.3 Å². The van der Waals surface area contributed by atoms with Crippen molar-refractivity contribution in [2.24, 2.45) is 5.41 Å². The number of sulfone groups is 1. The molecule has 1 heterocycles. The molecule has 0 aromatic carbocycles. The Kier molecular flexibility index (Phi) is 3.59. The fourth-order valence-electron chi connectivity index (χ4n) is 1.52. The van der Waals surface area contributed by atoms with E-state index in [9.17, 15) is 8.42 Å². The largest absolute Gasteiger partial charge is 0.501 e. The van der Waals surface area contributed by atoms with E-state index in [-0.39, 0.29) is 5.41 Å². The van der Waals surface area contributed by atoms with Crippen LogP contribution >= 0.6 is 0 Å². The van der Waals surface area contributed by atoms with Crippen molar-refractivity contribution in [1.29, 1.82) is 0 Å². The molecule has 0 amide bonds. The Balaban J connectivity index is 2.45. The Bertz CT molecular complexity index is 289. The molecule has 0 aromatic heterocycles. The van der Waals surface area contributed by atoms with Crippen molar-refractivity contribution in [2.75, 3.05) is 18.1 Å². The van der Waals surface area contributed by atoms with Crippen LogP contribution in [0.15, 0.2) is 12.3 Å². The molecule has 0 atom stereocenters. The molecule has 82 valence electrons. The maximum absolute atomic E-state index is 11.2. The minimum absolute atomic E-state index is 0.0326. The van der Waals surface area contributed by atoms with E-state index in [2.05, 4.69) is 6.92 Å². The number of hydrogen-bond donors (Lipinski definition) is 0. The van der Waals surface area contributed by atoms with E-state index < -0.39 is 9.84 Å². The molecular formula is C10H18O3S. The van der Waals surface area contributed by atoms with Crippen LogP contribution in [0.4, 0.5) is 0 Å². The molecule has 1 fully saturated rings. The first-order valence-electron chi connectivity index (χ1n) is 4.91. The van der Waals surface area contributed by atoms with E-state index in [4.69, 9.17) is 4.74 Å². The van der Waals surface area contributed by atoms with E-state index >= 15 is 0 Å². The molecule has 1 aliphatic rings. The topological polar surface area (TPSA) is 43.4 Å². The van der Waals surface area contributed by atoms with Gasteiger partial charge in [0.05, 0.1) is 24.4 Å². The van der Waals surface area contributed by atoms with Crippen molar-refractivity contribution < 1.29 is 13.2 Å². The predicted octanol–water partition coefficient (Wildman–Crippen LogP) is 1.75. The van der Waals surface area contributed by atoms with Crippen molar-refractivity contribution in [1.82, 2.24) is 0 Å². The zero-order chi connectivity index (χ0) is 10.7. The normalized spacial score (nSPS) is 25.0. The highest BCUT2D eigenvalue weighted by Crippen LogP contribution is 2.32. The van der Waals surface area contributed by atoms with Crippen LogP contribution in [0, 0.1) is 5.41 Å². The Labute approximate surface area is 86.1 Å². The summed E-state index contributed by atoms with van der Waals surface area (Å²) in [4.78, 5) is 0. The van der Waals surface area contributed by atoms with Crippen LogP contribution in [0.3, 0.4) is 0 Å². The summed E-state index contributed by atoms with van der Waals surface area (Å²) in [7, 11) is -2.76. The highest BCUT2D eigenvalue weighted by molar-refractivity contribution is 7.91. The summed E-state index contributed by atoms with van der Waals surface area (Å²) in [6.07, 6.45) is 4.93. The van der Waals surface area contributed by atoms with Crippen LogP contribution < -0.4 is 0 Å². The van der Waals surface area contributed by atoms with Gasteiger partial charge in [0.25, 0.3) is 0 Å². The predicted molar refractivity (Wildman–Crippen MR) is 56.8 cm³/mol. The van der Waals surface area contributed by atoms with Gasteiger partial charge in [-0.1, -0.05) is 13.0 Å². The summed E-state index contributed by atoms with van der Waals surface area (Å²) in [5.74, 6) is 0.616. The van der Waals surface area contributed by atoms with Crippen LogP contribution in [0.25, 0.3) is 0 Å². The average molecular weight is 218 g/mol. The average Bonchev–Trinajstić information content (AvgIpc) is 2.12. The second-order valence-electron chi connectivity index (χ2n) is 4.24. The Morgan fingerprint density at radius 2 is 1.93 bits per heavy atom. The Hall–Kier alpha value is -0.510. The first-order valence-corrected chi connectivity index (χ1v) is 6.73. The van der Waals surface area contributed by atoms with Gasteiger partial charge in [0.2, 0.25) is 0 Å². The second-order valence-corrected chi connectivity index (χ2v) is 6.55. The second kappa shape index (κ2) is 4.34. The van der Waals surface area contributed by atoms with Gasteiger partial charge in [-0.25, -0.2) is 8.42 Å². The zero-order valence-electron chi connectivity index (χ0n) is 8.82. The molecule has 1 aliphatic heterocycles. The lowest BCUT2D eigenvalue weighted by Gasteiger charge is -2.32. The molecule has 3 nitrogen and oxygen atoms in total. The molecule has 1 rings (SSSR count). The third-order valence-corrected chi connectivity index (χ3v) is 4.35. The maximum Gasteiger partial charge on any atom is 0.150 e. The van der Waals surface area contributed by atoms with Gasteiger partial charge in [-0.05, 0) is 19.8 Å². The molecule has 0 unspecified atom stereocenters. The van der Waals surface area contributed by atoms with E-state index in [0.29, 0.717) is 31.0 Å². The van der Waals surface area contributed by atoms with Gasteiger partial charge in [0.1, 0.15) is 9.84 Å². The number of hydrogen-bond acceptors (Lipinski definition) is 3. The Morgan fingerprint density at radius 1 is 1.36 bits per heavy atom. The van der Waals surface area contributed by atoms with Crippen LogP contribution in [0.5, 0.6) is 0 Å². The zero-order valence-corrected chi connectivity index (χ0v) is 9.64. The summed E-state index contributed by atoms with van der Waals surface area (Å²) in [5.41, 5.74) is 0.0326. The standard InChI is InChI=1S/C10H18O3S/c1-3-6-13-9-10(2)4-7-14(11,12)8-5-10/h3,6H,4-5,7-9H2,1-2H3/b6-3+. The summed E-state index contributed by atoms with van der Waals surface area (Å²) in [6, 6.07) is 0. The van der Waals surface area contributed by atoms with Crippen LogP contribution in [-0.2, 0) is 14.6 Å². The molecule has 0 N–H and O–H groups in total. The van der Waals surface area contributed by atoms with Crippen molar-refractivity contribution in [2.45, 2.75) is 26.7 Å². The van der Waals surface area contributed by atoms with Crippen molar-refractivity contribution in [3.63, 3.8) is 0 Å². The summed E-state index contributed by atoms with van der Waals surface area (Å²) < 4.78 is 27.7. The molecule has 0 aromatic rings. The van der Waals surface area contributed by atoms with Gasteiger partial charge < -0.3 is 4.74 Å². The van der Waals surface area contributed by atoms with Gasteiger partial charge in [0, 0.05) is 5.41 Å². The van der Waals surface area contributed by atoms with Crippen LogP contribution in [-0.4, -0.2) is 26.5 Å². The van der Waals surface area contributed by atoms with Crippen LogP contribution in [0.1, 0.15) is 26.7 Å². The third-order valence-electron chi connectivity index (χ3n) is 2.70. The highest BCUT2D eigenvalue weighted by atomic mass is 32.2. The van der Waals surface area contributed by atoms with Gasteiger partial charge in [-0.3, -0.25) is 0 Å². The monoisotopic (exact) mass is 218 g/mol. The molecule has 0 aliphatic carbocycles. The van der Waals surface area contributed by atoms with E-state index in [0.717, 1.165) is 0 Å². The molecule has 0 spiro atoms. The van der Waals surface area contributed by atoms with E-state index in [1.165, 1.54) is 0 Å². The molecule has 14 heavy (non-hydrogen) atoms. The van der Waals surface area contributed by atoms with Gasteiger partial charge in [-0.2, -0.15) is 0 Å². The van der Waals surface area contributed by atoms with E-state index in [1.807, 2.05) is 13.0 Å².